The Morgan fingerprint density at radius 1 is 0.920 bits per heavy atom. The highest BCUT2D eigenvalue weighted by atomic mass is 32.1. The minimum Gasteiger partial charge on any atom is -0.394 e. The molecule has 0 aliphatic heterocycles. The quantitative estimate of drug-likeness (QED) is 0.345. The van der Waals surface area contributed by atoms with Gasteiger partial charge in [-0.1, -0.05) is 18.2 Å². The molecule has 0 saturated carbocycles. The van der Waals surface area contributed by atoms with Crippen molar-refractivity contribution in [3.05, 3.63) is 53.1 Å². The third kappa shape index (κ3) is 4.28. The largest absolute Gasteiger partial charge is 0.394 e. The summed E-state index contributed by atoms with van der Waals surface area (Å²) in [6.45, 7) is -0.809. The second-order valence-corrected chi connectivity index (χ2v) is 5.85. The van der Waals surface area contributed by atoms with Crippen LogP contribution in [0.4, 0.5) is 0 Å². The lowest BCUT2D eigenvalue weighted by Crippen LogP contribution is -2.48. The maximum atomic E-state index is 10.5. The monoisotopic (exact) mass is 368 g/mol. The molecule has 2 rings (SSSR count). The fourth-order valence-electron chi connectivity index (χ4n) is 2.39. The van der Waals surface area contributed by atoms with E-state index in [-0.39, 0.29) is 10.5 Å². The van der Waals surface area contributed by atoms with Crippen LogP contribution in [0.1, 0.15) is 11.8 Å². The first-order valence-corrected chi connectivity index (χ1v) is 7.94. The number of aliphatic hydroxyl groups is 6. The highest BCUT2D eigenvalue weighted by Gasteiger charge is 2.35. The zero-order valence-electron chi connectivity index (χ0n) is 13.1. The molecule has 1 heterocycles. The summed E-state index contributed by atoms with van der Waals surface area (Å²) in [5.41, 5.74) is 0.732. The third-order valence-corrected chi connectivity index (χ3v) is 4.09. The van der Waals surface area contributed by atoms with Crippen molar-refractivity contribution in [2.45, 2.75) is 30.5 Å². The van der Waals surface area contributed by atoms with Crippen molar-refractivity contribution < 1.29 is 30.6 Å². The fourth-order valence-corrected chi connectivity index (χ4v) is 2.66. The van der Waals surface area contributed by atoms with E-state index in [0.717, 1.165) is 0 Å². The van der Waals surface area contributed by atoms with Crippen LogP contribution in [0, 0.1) is 4.77 Å². The molecule has 0 spiro atoms. The van der Waals surface area contributed by atoms with Gasteiger partial charge in [0.15, 0.2) is 0 Å². The van der Waals surface area contributed by atoms with Gasteiger partial charge >= 0.3 is 0 Å². The predicted octanol–water partition coefficient (Wildman–Crippen LogP) is -0.929. The number of benzene rings is 1. The average molecular weight is 368 g/mol. The Balaban J connectivity index is 2.38. The van der Waals surface area contributed by atoms with Crippen LogP contribution in [0.15, 0.2) is 42.6 Å². The summed E-state index contributed by atoms with van der Waals surface area (Å²) in [5.74, 6) is 0. The Bertz CT molecular complexity index is 741. The van der Waals surface area contributed by atoms with Gasteiger partial charge in [-0.05, 0) is 30.4 Å². The van der Waals surface area contributed by atoms with E-state index in [9.17, 15) is 25.5 Å². The maximum absolute atomic E-state index is 10.5. The first-order valence-electron chi connectivity index (χ1n) is 7.53. The average Bonchev–Trinajstić information content (AvgIpc) is 2.65. The molecule has 2 aromatic rings. The lowest BCUT2D eigenvalue weighted by atomic mass is 9.97. The maximum Gasteiger partial charge on any atom is 0.204 e. The molecule has 0 saturated heterocycles. The number of aromatic nitrogens is 2. The topological polar surface area (TPSA) is 139 Å². The second kappa shape index (κ2) is 8.59. The van der Waals surface area contributed by atoms with E-state index in [1.54, 1.807) is 30.3 Å². The van der Waals surface area contributed by atoms with Gasteiger partial charge in [0.05, 0.1) is 12.3 Å². The third-order valence-electron chi connectivity index (χ3n) is 3.80. The molecule has 5 atom stereocenters. The fraction of sp³-hybridized carbons (Fsp3) is 0.375. The SMILES string of the molecule is OC[C@@H](O)[C@@H](O)[C@H](O)[C@@H](O)C(O)c1ccnc(=S)n1-c1ccccc1. The second-order valence-electron chi connectivity index (χ2n) is 5.49. The van der Waals surface area contributed by atoms with E-state index >= 15 is 0 Å². The van der Waals surface area contributed by atoms with Crippen LogP contribution >= 0.6 is 12.2 Å². The Labute approximate surface area is 148 Å². The number of nitrogens with zero attached hydrogens (tertiary/aromatic N) is 2. The Morgan fingerprint density at radius 3 is 2.16 bits per heavy atom. The summed E-state index contributed by atoms with van der Waals surface area (Å²) in [6.07, 6.45) is -7.54. The highest BCUT2D eigenvalue weighted by Crippen LogP contribution is 2.24. The molecule has 25 heavy (non-hydrogen) atoms. The van der Waals surface area contributed by atoms with Crippen molar-refractivity contribution in [1.82, 2.24) is 9.55 Å². The number of para-hydroxylation sites is 1. The number of aliphatic hydroxyl groups excluding tert-OH is 6. The summed E-state index contributed by atoms with van der Waals surface area (Å²) >= 11 is 5.18. The van der Waals surface area contributed by atoms with Gasteiger partial charge in [-0.3, -0.25) is 4.57 Å². The molecule has 0 aliphatic rings. The van der Waals surface area contributed by atoms with Gasteiger partial charge in [-0.2, -0.15) is 0 Å². The highest BCUT2D eigenvalue weighted by molar-refractivity contribution is 7.71. The van der Waals surface area contributed by atoms with E-state index in [0.29, 0.717) is 5.69 Å². The van der Waals surface area contributed by atoms with Crippen LogP contribution in [0.3, 0.4) is 0 Å². The smallest absolute Gasteiger partial charge is 0.204 e. The van der Waals surface area contributed by atoms with Crippen molar-refractivity contribution in [1.29, 1.82) is 0 Å². The summed E-state index contributed by atoms with van der Waals surface area (Å²) in [4.78, 5) is 3.98. The molecular weight excluding hydrogens is 348 g/mol. The molecule has 6 N–H and O–H groups in total. The molecule has 1 unspecified atom stereocenters. The molecule has 1 aromatic heterocycles. The van der Waals surface area contributed by atoms with Crippen LogP contribution in [0.25, 0.3) is 5.69 Å². The van der Waals surface area contributed by atoms with Crippen LogP contribution in [-0.4, -0.2) is 71.2 Å². The van der Waals surface area contributed by atoms with Gasteiger partial charge in [0, 0.05) is 11.9 Å². The molecule has 136 valence electrons. The number of rotatable bonds is 7. The van der Waals surface area contributed by atoms with E-state index < -0.39 is 37.1 Å². The zero-order valence-corrected chi connectivity index (χ0v) is 13.9. The summed E-state index contributed by atoms with van der Waals surface area (Å²) in [5, 5.41) is 58.6. The van der Waals surface area contributed by atoms with E-state index in [2.05, 4.69) is 4.98 Å². The number of hydrogen-bond donors (Lipinski definition) is 6. The van der Waals surface area contributed by atoms with Crippen LogP contribution in [0.2, 0.25) is 0 Å². The van der Waals surface area contributed by atoms with E-state index in [1.807, 2.05) is 0 Å². The van der Waals surface area contributed by atoms with Gasteiger partial charge in [-0.15, -0.1) is 0 Å². The van der Waals surface area contributed by atoms with Gasteiger partial charge in [0.2, 0.25) is 4.77 Å². The Hall–Kier alpha value is -1.72. The minimum atomic E-state index is -1.90. The molecule has 0 aliphatic carbocycles. The molecule has 1 aromatic carbocycles. The van der Waals surface area contributed by atoms with Gasteiger partial charge in [0.25, 0.3) is 0 Å². The predicted molar refractivity (Wildman–Crippen MR) is 90.5 cm³/mol. The van der Waals surface area contributed by atoms with Crippen LogP contribution in [-0.2, 0) is 0 Å². The molecular formula is C16H20N2O6S. The van der Waals surface area contributed by atoms with Crippen molar-refractivity contribution in [3.8, 4) is 5.69 Å². The van der Waals surface area contributed by atoms with Crippen molar-refractivity contribution in [2.75, 3.05) is 6.61 Å². The lowest BCUT2D eigenvalue weighted by Gasteiger charge is -2.29. The van der Waals surface area contributed by atoms with Crippen molar-refractivity contribution in [3.63, 3.8) is 0 Å². The van der Waals surface area contributed by atoms with Crippen molar-refractivity contribution in [2.24, 2.45) is 0 Å². The molecule has 0 amide bonds. The normalized spacial score (nSPS) is 17.5. The Morgan fingerprint density at radius 2 is 1.56 bits per heavy atom. The molecule has 0 fully saturated rings. The van der Waals surface area contributed by atoms with Crippen molar-refractivity contribution >= 4 is 12.2 Å². The summed E-state index contributed by atoms with van der Waals surface area (Å²) in [7, 11) is 0. The van der Waals surface area contributed by atoms with Gasteiger partial charge < -0.3 is 30.6 Å². The van der Waals surface area contributed by atoms with E-state index in [4.69, 9.17) is 17.3 Å². The molecule has 8 nitrogen and oxygen atoms in total. The summed E-state index contributed by atoms with van der Waals surface area (Å²) < 4.78 is 1.55. The lowest BCUT2D eigenvalue weighted by molar-refractivity contribution is -0.142. The van der Waals surface area contributed by atoms with Crippen LogP contribution in [0.5, 0.6) is 0 Å². The number of hydrogen-bond acceptors (Lipinski definition) is 8. The van der Waals surface area contributed by atoms with Crippen LogP contribution < -0.4 is 0 Å². The van der Waals surface area contributed by atoms with Gasteiger partial charge in [-0.25, -0.2) is 4.98 Å². The molecule has 0 radical (unpaired) electrons. The van der Waals surface area contributed by atoms with Gasteiger partial charge in [0.1, 0.15) is 30.5 Å². The first-order chi connectivity index (χ1) is 11.9. The standard InChI is InChI=1S/C16H20N2O6S/c19-8-11(20)13(22)15(24)14(23)12(21)10-6-7-17-16(25)18(10)9-4-2-1-3-5-9/h1-7,11-15,19-24H,8H2/t11-,12?,13-,14+,15+/m1/s1. The minimum absolute atomic E-state index is 0.125. The molecule has 9 heteroatoms. The van der Waals surface area contributed by atoms with E-state index in [1.165, 1.54) is 16.8 Å². The zero-order chi connectivity index (χ0) is 18.6. The first kappa shape index (κ1) is 19.6. The Kier molecular flexibility index (Phi) is 6.73. The summed E-state index contributed by atoms with van der Waals surface area (Å²) in [6, 6.07) is 10.2. The molecule has 0 bridgehead atoms.